The Kier molecular flexibility index (Phi) is 4.40. The van der Waals surface area contributed by atoms with E-state index in [2.05, 4.69) is 15.0 Å². The first-order valence-electron chi connectivity index (χ1n) is 8.83. The molecule has 2 aromatic rings. The van der Waals surface area contributed by atoms with Gasteiger partial charge in [-0.25, -0.2) is 9.67 Å². The summed E-state index contributed by atoms with van der Waals surface area (Å²) in [4.78, 5) is 17.0. The molecule has 7 nitrogen and oxygen atoms in total. The predicted molar refractivity (Wildman–Crippen MR) is 88.6 cm³/mol. The second-order valence-corrected chi connectivity index (χ2v) is 6.73. The van der Waals surface area contributed by atoms with E-state index in [4.69, 9.17) is 4.74 Å². The summed E-state index contributed by atoms with van der Waals surface area (Å²) < 4.78 is 7.50. The number of benzene rings is 1. The molecular weight excluding hydrogens is 320 g/mol. The van der Waals surface area contributed by atoms with Gasteiger partial charge in [0.25, 0.3) is 0 Å². The molecule has 0 amide bonds. The SMILES string of the molecule is O=C([O-])c1ncn(-c2ccc(OC3CCN(C4CCC4)CC3)cc2)n1. The maximum atomic E-state index is 10.7. The van der Waals surface area contributed by atoms with E-state index in [0.717, 1.165) is 43.4 Å². The molecule has 25 heavy (non-hydrogen) atoms. The van der Waals surface area contributed by atoms with E-state index in [0.29, 0.717) is 0 Å². The fourth-order valence-corrected chi connectivity index (χ4v) is 3.46. The van der Waals surface area contributed by atoms with Crippen LogP contribution in [0.15, 0.2) is 30.6 Å². The van der Waals surface area contributed by atoms with Crippen molar-refractivity contribution in [2.75, 3.05) is 13.1 Å². The molecule has 1 aromatic heterocycles. The molecule has 2 fully saturated rings. The molecule has 0 N–H and O–H groups in total. The molecule has 0 bridgehead atoms. The van der Waals surface area contributed by atoms with Gasteiger partial charge in [-0.1, -0.05) is 6.42 Å². The van der Waals surface area contributed by atoms with Gasteiger partial charge >= 0.3 is 0 Å². The van der Waals surface area contributed by atoms with Gasteiger partial charge in [0.1, 0.15) is 24.2 Å². The van der Waals surface area contributed by atoms with Gasteiger partial charge in [0.05, 0.1) is 5.69 Å². The molecule has 1 aliphatic heterocycles. The largest absolute Gasteiger partial charge is 0.541 e. The number of carbonyl (C=O) groups is 1. The molecule has 0 atom stereocenters. The second kappa shape index (κ2) is 6.84. The van der Waals surface area contributed by atoms with E-state index < -0.39 is 5.97 Å². The predicted octanol–water partition coefficient (Wildman–Crippen LogP) is 1.03. The van der Waals surface area contributed by atoms with Crippen LogP contribution in [0.5, 0.6) is 5.75 Å². The van der Waals surface area contributed by atoms with Crippen LogP contribution in [-0.2, 0) is 0 Å². The van der Waals surface area contributed by atoms with Crippen molar-refractivity contribution in [2.24, 2.45) is 0 Å². The smallest absolute Gasteiger partial charge is 0.197 e. The van der Waals surface area contributed by atoms with Crippen molar-refractivity contribution < 1.29 is 14.6 Å². The second-order valence-electron chi connectivity index (χ2n) is 6.73. The fourth-order valence-electron chi connectivity index (χ4n) is 3.46. The van der Waals surface area contributed by atoms with Crippen molar-refractivity contribution in [1.82, 2.24) is 19.7 Å². The van der Waals surface area contributed by atoms with Gasteiger partial charge in [0.2, 0.25) is 0 Å². The van der Waals surface area contributed by atoms with Gasteiger partial charge in [0, 0.05) is 19.1 Å². The van der Waals surface area contributed by atoms with Crippen molar-refractivity contribution in [3.05, 3.63) is 36.4 Å². The van der Waals surface area contributed by atoms with Crippen LogP contribution in [0.2, 0.25) is 0 Å². The molecule has 2 heterocycles. The summed E-state index contributed by atoms with van der Waals surface area (Å²) >= 11 is 0. The van der Waals surface area contributed by atoms with Crippen molar-refractivity contribution in [3.63, 3.8) is 0 Å². The Morgan fingerprint density at radius 3 is 2.40 bits per heavy atom. The van der Waals surface area contributed by atoms with Gasteiger partial charge in [-0.15, -0.1) is 5.10 Å². The van der Waals surface area contributed by atoms with Crippen LogP contribution in [-0.4, -0.2) is 50.9 Å². The zero-order valence-corrected chi connectivity index (χ0v) is 14.0. The standard InChI is InChI=1S/C18H22N4O3/c23-18(24)17-19-12-22(20-17)14-4-6-15(7-5-14)25-16-8-10-21(11-9-16)13-2-1-3-13/h4-7,12-13,16H,1-3,8-11H2,(H,23,24)/p-1. The first kappa shape index (κ1) is 16.1. The third-order valence-corrected chi connectivity index (χ3v) is 5.15. The minimum absolute atomic E-state index is 0.262. The third-order valence-electron chi connectivity index (χ3n) is 5.15. The maximum absolute atomic E-state index is 10.7. The first-order valence-corrected chi connectivity index (χ1v) is 8.83. The van der Waals surface area contributed by atoms with E-state index in [1.165, 1.54) is 30.3 Å². The number of likely N-dealkylation sites (tertiary alicyclic amines) is 1. The normalized spacial score (nSPS) is 19.5. The summed E-state index contributed by atoms with van der Waals surface area (Å²) in [7, 11) is 0. The Morgan fingerprint density at radius 1 is 1.12 bits per heavy atom. The number of ether oxygens (including phenoxy) is 1. The van der Waals surface area contributed by atoms with Crippen molar-refractivity contribution in [1.29, 1.82) is 0 Å². The number of aromatic nitrogens is 3. The van der Waals surface area contributed by atoms with Crippen molar-refractivity contribution >= 4 is 5.97 Å². The lowest BCUT2D eigenvalue weighted by atomic mass is 9.90. The van der Waals surface area contributed by atoms with Gasteiger partial charge in [-0.05, 0) is 49.9 Å². The zero-order chi connectivity index (χ0) is 17.2. The topological polar surface area (TPSA) is 83.3 Å². The summed E-state index contributed by atoms with van der Waals surface area (Å²) in [5, 5.41) is 14.6. The highest BCUT2D eigenvalue weighted by Gasteiger charge is 2.29. The number of aromatic carboxylic acids is 1. The lowest BCUT2D eigenvalue weighted by Crippen LogP contribution is -2.46. The van der Waals surface area contributed by atoms with Crippen LogP contribution in [0.3, 0.4) is 0 Å². The number of carboxylic acids is 1. The van der Waals surface area contributed by atoms with Crippen LogP contribution in [0.1, 0.15) is 42.7 Å². The molecule has 1 aliphatic carbocycles. The third kappa shape index (κ3) is 3.51. The minimum Gasteiger partial charge on any atom is -0.541 e. The average Bonchev–Trinajstić information content (AvgIpc) is 3.06. The van der Waals surface area contributed by atoms with E-state index in [9.17, 15) is 9.90 Å². The summed E-state index contributed by atoms with van der Waals surface area (Å²) in [6.07, 6.45) is 7.84. The molecule has 7 heteroatoms. The maximum Gasteiger partial charge on any atom is 0.197 e. The summed E-state index contributed by atoms with van der Waals surface area (Å²) in [5.74, 6) is -0.878. The highest BCUT2D eigenvalue weighted by molar-refractivity contribution is 5.80. The number of carbonyl (C=O) groups excluding carboxylic acids is 1. The molecule has 0 unspecified atom stereocenters. The molecule has 132 valence electrons. The number of hydrogen-bond donors (Lipinski definition) is 0. The van der Waals surface area contributed by atoms with Crippen LogP contribution in [0.25, 0.3) is 5.69 Å². The van der Waals surface area contributed by atoms with Crippen molar-refractivity contribution in [3.8, 4) is 11.4 Å². The highest BCUT2D eigenvalue weighted by atomic mass is 16.5. The molecular formula is C18H21N4O3-. The Hall–Kier alpha value is -2.41. The minimum atomic E-state index is -1.38. The number of carboxylic acid groups (broad SMARTS) is 1. The zero-order valence-electron chi connectivity index (χ0n) is 14.0. The fraction of sp³-hybridized carbons (Fsp3) is 0.500. The molecule has 4 rings (SSSR count). The molecule has 1 saturated heterocycles. The lowest BCUT2D eigenvalue weighted by Gasteiger charge is -2.41. The Morgan fingerprint density at radius 2 is 1.84 bits per heavy atom. The number of piperidine rings is 1. The van der Waals surface area contributed by atoms with Crippen LogP contribution < -0.4 is 9.84 Å². The Labute approximate surface area is 146 Å². The number of hydrogen-bond acceptors (Lipinski definition) is 6. The van der Waals surface area contributed by atoms with E-state index >= 15 is 0 Å². The summed E-state index contributed by atoms with van der Waals surface area (Å²) in [6, 6.07) is 8.26. The molecule has 0 radical (unpaired) electrons. The number of rotatable bonds is 5. The highest BCUT2D eigenvalue weighted by Crippen LogP contribution is 2.28. The number of nitrogens with zero attached hydrogens (tertiary/aromatic N) is 4. The van der Waals surface area contributed by atoms with Crippen molar-refractivity contribution in [2.45, 2.75) is 44.2 Å². The molecule has 1 saturated carbocycles. The quantitative estimate of drug-likeness (QED) is 0.808. The summed E-state index contributed by atoms with van der Waals surface area (Å²) in [6.45, 7) is 2.25. The van der Waals surface area contributed by atoms with Gasteiger partial charge in [0.15, 0.2) is 5.82 Å². The Balaban J connectivity index is 1.33. The van der Waals surface area contributed by atoms with E-state index in [1.807, 2.05) is 24.3 Å². The summed E-state index contributed by atoms with van der Waals surface area (Å²) in [5.41, 5.74) is 0.729. The van der Waals surface area contributed by atoms with Crippen LogP contribution in [0, 0.1) is 0 Å². The first-order chi connectivity index (χ1) is 12.2. The average molecular weight is 341 g/mol. The Bertz CT molecular complexity index is 731. The monoisotopic (exact) mass is 341 g/mol. The molecule has 2 aliphatic rings. The van der Waals surface area contributed by atoms with Gasteiger partial charge in [-0.3, -0.25) is 0 Å². The molecule has 1 aromatic carbocycles. The van der Waals surface area contributed by atoms with Gasteiger partial charge < -0.3 is 19.5 Å². The van der Waals surface area contributed by atoms with E-state index in [-0.39, 0.29) is 11.9 Å². The molecule has 0 spiro atoms. The van der Waals surface area contributed by atoms with Crippen LogP contribution >= 0.6 is 0 Å². The lowest BCUT2D eigenvalue weighted by molar-refractivity contribution is -0.256. The van der Waals surface area contributed by atoms with Gasteiger partial charge in [-0.2, -0.15) is 0 Å². The van der Waals surface area contributed by atoms with E-state index in [1.54, 1.807) is 0 Å². The van der Waals surface area contributed by atoms with Crippen LogP contribution in [0.4, 0.5) is 0 Å².